The normalized spacial score (nSPS) is 10.9. The van der Waals surface area contributed by atoms with Crippen molar-refractivity contribution in [3.8, 4) is 0 Å². The van der Waals surface area contributed by atoms with Gasteiger partial charge in [-0.2, -0.15) is 0 Å². The molecule has 0 bridgehead atoms. The summed E-state index contributed by atoms with van der Waals surface area (Å²) in [7, 11) is 0. The molecule has 1 N–H and O–H groups in total. The van der Waals surface area contributed by atoms with Gasteiger partial charge in [-0.25, -0.2) is 4.98 Å². The predicted octanol–water partition coefficient (Wildman–Crippen LogP) is 1.66. The summed E-state index contributed by atoms with van der Waals surface area (Å²) < 4.78 is 2.01. The fourth-order valence-corrected chi connectivity index (χ4v) is 1.49. The van der Waals surface area contributed by atoms with Crippen LogP contribution < -0.4 is 5.32 Å². The summed E-state index contributed by atoms with van der Waals surface area (Å²) in [6, 6.07) is 5.97. The van der Waals surface area contributed by atoms with Gasteiger partial charge in [0.25, 0.3) is 0 Å². The minimum atomic E-state index is 0.632. The van der Waals surface area contributed by atoms with E-state index < -0.39 is 0 Å². The number of nitrogens with one attached hydrogen (secondary N) is 1. The first kappa shape index (κ1) is 9.49. The topological polar surface area (TPSA) is 29.3 Å². The molecule has 2 heterocycles. The summed E-state index contributed by atoms with van der Waals surface area (Å²) in [6.45, 7) is 1.59. The molecule has 3 nitrogen and oxygen atoms in total. The number of fused-ring (bicyclic) bond motifs is 1. The van der Waals surface area contributed by atoms with Crippen LogP contribution in [0.4, 0.5) is 0 Å². The van der Waals surface area contributed by atoms with Crippen LogP contribution in [-0.4, -0.2) is 21.8 Å². The highest BCUT2D eigenvalue weighted by atomic mass is 35.5. The summed E-state index contributed by atoms with van der Waals surface area (Å²) in [5.41, 5.74) is 2.02. The van der Waals surface area contributed by atoms with Crippen LogP contribution in [0.25, 0.3) is 5.65 Å². The third-order valence-electron chi connectivity index (χ3n) is 1.99. The van der Waals surface area contributed by atoms with E-state index in [0.29, 0.717) is 5.88 Å². The van der Waals surface area contributed by atoms with Gasteiger partial charge in [-0.3, -0.25) is 0 Å². The number of pyridine rings is 1. The quantitative estimate of drug-likeness (QED) is 0.613. The number of aromatic nitrogens is 2. The first-order chi connectivity index (χ1) is 6.90. The molecule has 0 radical (unpaired) electrons. The number of hydrogen-bond donors (Lipinski definition) is 1. The van der Waals surface area contributed by atoms with E-state index in [1.165, 1.54) is 0 Å². The Morgan fingerprint density at radius 3 is 3.14 bits per heavy atom. The van der Waals surface area contributed by atoms with Crippen LogP contribution in [0.15, 0.2) is 30.6 Å². The molecule has 0 aliphatic carbocycles. The molecule has 2 aromatic heterocycles. The third kappa shape index (κ3) is 2.05. The van der Waals surface area contributed by atoms with Crippen molar-refractivity contribution < 1.29 is 0 Å². The van der Waals surface area contributed by atoms with E-state index in [-0.39, 0.29) is 0 Å². The zero-order valence-corrected chi connectivity index (χ0v) is 8.54. The van der Waals surface area contributed by atoms with Crippen molar-refractivity contribution in [2.24, 2.45) is 0 Å². The molecule has 4 heteroatoms. The highest BCUT2D eigenvalue weighted by Crippen LogP contribution is 2.03. The second-order valence-electron chi connectivity index (χ2n) is 3.06. The van der Waals surface area contributed by atoms with Crippen molar-refractivity contribution in [3.63, 3.8) is 0 Å². The Labute approximate surface area is 87.7 Å². The van der Waals surface area contributed by atoms with E-state index in [4.69, 9.17) is 11.6 Å². The molecular weight excluding hydrogens is 198 g/mol. The Morgan fingerprint density at radius 1 is 1.43 bits per heavy atom. The molecule has 0 aliphatic rings. The minimum absolute atomic E-state index is 0.632. The van der Waals surface area contributed by atoms with Gasteiger partial charge in [0.1, 0.15) is 5.65 Å². The van der Waals surface area contributed by atoms with Crippen molar-refractivity contribution in [3.05, 3.63) is 36.3 Å². The lowest BCUT2D eigenvalue weighted by Gasteiger charge is -1.96. The molecule has 14 heavy (non-hydrogen) atoms. The molecule has 0 aliphatic heterocycles. The second kappa shape index (κ2) is 4.44. The molecule has 0 unspecified atom stereocenters. The molecule has 0 saturated carbocycles. The summed E-state index contributed by atoms with van der Waals surface area (Å²) in [5.74, 6) is 0.632. The Hall–Kier alpha value is -1.06. The lowest BCUT2D eigenvalue weighted by molar-refractivity contribution is 0.717. The molecular formula is C10H12ClN3. The van der Waals surface area contributed by atoms with Gasteiger partial charge in [0.05, 0.1) is 5.69 Å². The number of imidazole rings is 1. The maximum absolute atomic E-state index is 5.56. The SMILES string of the molecule is ClCCNCc1cn2ccccc2n1. The number of nitrogens with zero attached hydrogens (tertiary/aromatic N) is 2. The fourth-order valence-electron chi connectivity index (χ4n) is 1.36. The fraction of sp³-hybridized carbons (Fsp3) is 0.300. The largest absolute Gasteiger partial charge is 0.310 e. The summed E-state index contributed by atoms with van der Waals surface area (Å²) in [4.78, 5) is 4.44. The zero-order chi connectivity index (χ0) is 9.80. The molecule has 2 rings (SSSR count). The van der Waals surface area contributed by atoms with E-state index in [9.17, 15) is 0 Å². The highest BCUT2D eigenvalue weighted by Gasteiger charge is 1.98. The standard InChI is InChI=1S/C10H12ClN3/c11-4-5-12-7-9-8-14-6-2-1-3-10(14)13-9/h1-3,6,8,12H,4-5,7H2. The van der Waals surface area contributed by atoms with Gasteiger partial charge in [-0.05, 0) is 12.1 Å². The van der Waals surface area contributed by atoms with Crippen molar-refractivity contribution in [2.45, 2.75) is 6.54 Å². The van der Waals surface area contributed by atoms with Crippen LogP contribution in [0.5, 0.6) is 0 Å². The molecule has 0 saturated heterocycles. The van der Waals surface area contributed by atoms with Crippen LogP contribution in [0.1, 0.15) is 5.69 Å². The van der Waals surface area contributed by atoms with Crippen LogP contribution in [0.2, 0.25) is 0 Å². The number of hydrogen-bond acceptors (Lipinski definition) is 2. The molecule has 0 atom stereocenters. The highest BCUT2D eigenvalue weighted by molar-refractivity contribution is 6.18. The third-order valence-corrected chi connectivity index (χ3v) is 2.18. The zero-order valence-electron chi connectivity index (χ0n) is 7.78. The van der Waals surface area contributed by atoms with Crippen LogP contribution >= 0.6 is 11.6 Å². The maximum atomic E-state index is 5.56. The molecule has 2 aromatic rings. The van der Waals surface area contributed by atoms with Gasteiger partial charge >= 0.3 is 0 Å². The molecule has 0 amide bonds. The van der Waals surface area contributed by atoms with Gasteiger partial charge in [0.15, 0.2) is 0 Å². The Kier molecular flexibility index (Phi) is 3.01. The van der Waals surface area contributed by atoms with Crippen LogP contribution in [0.3, 0.4) is 0 Å². The number of halogens is 1. The summed E-state index contributed by atoms with van der Waals surface area (Å²) >= 11 is 5.56. The number of alkyl halides is 1. The Balaban J connectivity index is 2.11. The van der Waals surface area contributed by atoms with Gasteiger partial charge < -0.3 is 9.72 Å². The number of rotatable bonds is 4. The van der Waals surface area contributed by atoms with Gasteiger partial charge in [-0.15, -0.1) is 11.6 Å². The molecule has 0 fully saturated rings. The lowest BCUT2D eigenvalue weighted by atomic mass is 10.5. The van der Waals surface area contributed by atoms with E-state index in [0.717, 1.165) is 24.4 Å². The average molecular weight is 210 g/mol. The van der Waals surface area contributed by atoms with Gasteiger partial charge in [-0.1, -0.05) is 6.07 Å². The van der Waals surface area contributed by atoms with E-state index in [1.54, 1.807) is 0 Å². The van der Waals surface area contributed by atoms with Crippen molar-refractivity contribution in [2.75, 3.05) is 12.4 Å². The summed E-state index contributed by atoms with van der Waals surface area (Å²) in [5, 5.41) is 3.20. The Morgan fingerprint density at radius 2 is 2.36 bits per heavy atom. The van der Waals surface area contributed by atoms with E-state index in [1.807, 2.05) is 35.0 Å². The van der Waals surface area contributed by atoms with Crippen molar-refractivity contribution in [1.82, 2.24) is 14.7 Å². The molecule has 0 spiro atoms. The van der Waals surface area contributed by atoms with Crippen molar-refractivity contribution >= 4 is 17.2 Å². The van der Waals surface area contributed by atoms with Crippen LogP contribution in [-0.2, 0) is 6.54 Å². The Bertz CT molecular complexity index is 377. The first-order valence-corrected chi connectivity index (χ1v) is 5.13. The maximum Gasteiger partial charge on any atom is 0.137 e. The predicted molar refractivity (Wildman–Crippen MR) is 57.6 cm³/mol. The van der Waals surface area contributed by atoms with Crippen LogP contribution in [0, 0.1) is 0 Å². The second-order valence-corrected chi connectivity index (χ2v) is 3.44. The molecule has 0 aromatic carbocycles. The average Bonchev–Trinajstić information content (AvgIpc) is 2.60. The van der Waals surface area contributed by atoms with Gasteiger partial charge in [0.2, 0.25) is 0 Å². The van der Waals surface area contributed by atoms with E-state index >= 15 is 0 Å². The first-order valence-electron chi connectivity index (χ1n) is 4.59. The summed E-state index contributed by atoms with van der Waals surface area (Å²) in [6.07, 6.45) is 4.02. The lowest BCUT2D eigenvalue weighted by Crippen LogP contribution is -2.15. The smallest absolute Gasteiger partial charge is 0.137 e. The van der Waals surface area contributed by atoms with Gasteiger partial charge in [0, 0.05) is 31.4 Å². The van der Waals surface area contributed by atoms with E-state index in [2.05, 4.69) is 10.3 Å². The minimum Gasteiger partial charge on any atom is -0.310 e. The van der Waals surface area contributed by atoms with Crippen molar-refractivity contribution in [1.29, 1.82) is 0 Å². The molecule has 74 valence electrons. The monoisotopic (exact) mass is 209 g/mol.